The summed E-state index contributed by atoms with van der Waals surface area (Å²) in [5, 5.41) is 18.7. The second-order valence-electron chi connectivity index (χ2n) is 4.59. The highest BCUT2D eigenvalue weighted by molar-refractivity contribution is 9.08. The molecule has 0 aliphatic heterocycles. The average molecular weight is 361 g/mol. The van der Waals surface area contributed by atoms with E-state index in [1.807, 2.05) is 36.4 Å². The summed E-state index contributed by atoms with van der Waals surface area (Å²) in [5.74, 6) is -2.92. The Morgan fingerprint density at radius 1 is 0.955 bits per heavy atom. The first-order valence-corrected chi connectivity index (χ1v) is 7.57. The van der Waals surface area contributed by atoms with Crippen LogP contribution >= 0.6 is 15.9 Å². The van der Waals surface area contributed by atoms with E-state index in [4.69, 9.17) is 10.2 Å². The van der Waals surface area contributed by atoms with Gasteiger partial charge in [-0.1, -0.05) is 64.5 Å². The summed E-state index contributed by atoms with van der Waals surface area (Å²) < 4.78 is 0. The SMILES string of the molecule is O=C(O)C(=Cc1ccccc1-c1ccc(CBr)cc1)C(=O)O. The molecule has 2 aromatic rings. The van der Waals surface area contributed by atoms with Gasteiger partial charge >= 0.3 is 11.9 Å². The summed E-state index contributed by atoms with van der Waals surface area (Å²) in [7, 11) is 0. The molecule has 0 aliphatic carbocycles. The summed E-state index contributed by atoms with van der Waals surface area (Å²) in [4.78, 5) is 22.0. The van der Waals surface area contributed by atoms with Crippen molar-refractivity contribution in [1.82, 2.24) is 0 Å². The number of hydrogen-bond acceptors (Lipinski definition) is 2. The number of hydrogen-bond donors (Lipinski definition) is 2. The molecule has 0 heterocycles. The van der Waals surface area contributed by atoms with Gasteiger partial charge in [-0.2, -0.15) is 0 Å². The molecule has 0 bridgehead atoms. The first-order chi connectivity index (χ1) is 10.5. The van der Waals surface area contributed by atoms with E-state index in [0.29, 0.717) is 5.56 Å². The Bertz CT molecular complexity index is 717. The van der Waals surface area contributed by atoms with Crippen LogP contribution in [0.3, 0.4) is 0 Å². The summed E-state index contributed by atoms with van der Waals surface area (Å²) in [6.45, 7) is 0. The van der Waals surface area contributed by atoms with Gasteiger partial charge in [0.2, 0.25) is 0 Å². The van der Waals surface area contributed by atoms with Crippen molar-refractivity contribution in [2.75, 3.05) is 0 Å². The van der Waals surface area contributed by atoms with E-state index < -0.39 is 17.5 Å². The number of carbonyl (C=O) groups is 2. The van der Waals surface area contributed by atoms with Gasteiger partial charge in [-0.3, -0.25) is 0 Å². The average Bonchev–Trinajstić information content (AvgIpc) is 2.52. The molecule has 0 saturated heterocycles. The molecule has 22 heavy (non-hydrogen) atoms. The third kappa shape index (κ3) is 3.62. The Hall–Kier alpha value is -2.40. The lowest BCUT2D eigenvalue weighted by Gasteiger charge is -2.08. The van der Waals surface area contributed by atoms with Gasteiger partial charge in [-0.25, -0.2) is 9.59 Å². The van der Waals surface area contributed by atoms with Crippen molar-refractivity contribution in [1.29, 1.82) is 0 Å². The molecule has 0 atom stereocenters. The minimum absolute atomic E-state index is 0.550. The number of aliphatic carboxylic acids is 2. The van der Waals surface area contributed by atoms with Crippen molar-refractivity contribution in [2.45, 2.75) is 5.33 Å². The lowest BCUT2D eigenvalue weighted by atomic mass is 9.97. The minimum Gasteiger partial charge on any atom is -0.477 e. The fourth-order valence-corrected chi connectivity index (χ4v) is 2.40. The molecule has 112 valence electrons. The monoisotopic (exact) mass is 360 g/mol. The van der Waals surface area contributed by atoms with Gasteiger partial charge in [-0.15, -0.1) is 0 Å². The van der Waals surface area contributed by atoms with Crippen LogP contribution in [0.25, 0.3) is 17.2 Å². The normalized spacial score (nSPS) is 10.0. The van der Waals surface area contributed by atoms with Gasteiger partial charge < -0.3 is 10.2 Å². The Kier molecular flexibility index (Phi) is 5.12. The number of rotatable bonds is 5. The fraction of sp³-hybridized carbons (Fsp3) is 0.0588. The third-order valence-electron chi connectivity index (χ3n) is 3.14. The molecule has 5 heteroatoms. The molecule has 2 aromatic carbocycles. The fourth-order valence-electron chi connectivity index (χ4n) is 2.03. The van der Waals surface area contributed by atoms with Crippen molar-refractivity contribution < 1.29 is 19.8 Å². The van der Waals surface area contributed by atoms with Crippen LogP contribution in [0.15, 0.2) is 54.1 Å². The highest BCUT2D eigenvalue weighted by Crippen LogP contribution is 2.26. The van der Waals surface area contributed by atoms with E-state index in [-0.39, 0.29) is 0 Å². The molecular formula is C17H13BrO4. The van der Waals surface area contributed by atoms with Crippen LogP contribution in [0.5, 0.6) is 0 Å². The van der Waals surface area contributed by atoms with Crippen LogP contribution in [0, 0.1) is 0 Å². The highest BCUT2D eigenvalue weighted by atomic mass is 79.9. The van der Waals surface area contributed by atoms with Crippen LogP contribution in [0.4, 0.5) is 0 Å². The summed E-state index contributed by atoms with van der Waals surface area (Å²) in [6.07, 6.45) is 1.18. The number of benzene rings is 2. The molecule has 0 spiro atoms. The van der Waals surface area contributed by atoms with Crippen LogP contribution < -0.4 is 0 Å². The van der Waals surface area contributed by atoms with Crippen LogP contribution in [0.2, 0.25) is 0 Å². The van der Waals surface area contributed by atoms with E-state index in [0.717, 1.165) is 22.0 Å². The molecular weight excluding hydrogens is 348 g/mol. The molecule has 2 N–H and O–H groups in total. The van der Waals surface area contributed by atoms with Gasteiger partial charge in [0.1, 0.15) is 5.57 Å². The minimum atomic E-state index is -1.46. The molecule has 0 radical (unpaired) electrons. The lowest BCUT2D eigenvalue weighted by Crippen LogP contribution is -2.10. The van der Waals surface area contributed by atoms with E-state index in [2.05, 4.69) is 15.9 Å². The smallest absolute Gasteiger partial charge is 0.343 e. The zero-order chi connectivity index (χ0) is 16.1. The second kappa shape index (κ2) is 7.04. The molecule has 0 saturated carbocycles. The first kappa shape index (κ1) is 16.0. The van der Waals surface area contributed by atoms with E-state index in [9.17, 15) is 9.59 Å². The Labute approximate surface area is 135 Å². The van der Waals surface area contributed by atoms with E-state index in [1.54, 1.807) is 12.1 Å². The highest BCUT2D eigenvalue weighted by Gasteiger charge is 2.16. The van der Waals surface area contributed by atoms with Crippen LogP contribution in [0.1, 0.15) is 11.1 Å². The van der Waals surface area contributed by atoms with Crippen molar-refractivity contribution in [3.63, 3.8) is 0 Å². The summed E-state index contributed by atoms with van der Waals surface area (Å²) in [5.41, 5.74) is 2.68. The molecule has 0 aliphatic rings. The number of carboxylic acid groups (broad SMARTS) is 2. The first-order valence-electron chi connectivity index (χ1n) is 6.45. The zero-order valence-electron chi connectivity index (χ0n) is 11.5. The van der Waals surface area contributed by atoms with Crippen LogP contribution in [-0.4, -0.2) is 22.2 Å². The van der Waals surface area contributed by atoms with E-state index >= 15 is 0 Å². The maximum absolute atomic E-state index is 11.0. The maximum atomic E-state index is 11.0. The predicted molar refractivity (Wildman–Crippen MR) is 87.8 cm³/mol. The summed E-state index contributed by atoms with van der Waals surface area (Å²) >= 11 is 3.38. The van der Waals surface area contributed by atoms with Gasteiger partial charge in [0.15, 0.2) is 0 Å². The zero-order valence-corrected chi connectivity index (χ0v) is 13.1. The van der Waals surface area contributed by atoms with Crippen molar-refractivity contribution in [2.24, 2.45) is 0 Å². The van der Waals surface area contributed by atoms with E-state index in [1.165, 1.54) is 6.08 Å². The van der Waals surface area contributed by atoms with Crippen LogP contribution in [-0.2, 0) is 14.9 Å². The number of carboxylic acids is 2. The van der Waals surface area contributed by atoms with Gasteiger partial charge in [-0.05, 0) is 28.3 Å². The summed E-state index contributed by atoms with van der Waals surface area (Å²) in [6, 6.07) is 14.8. The second-order valence-corrected chi connectivity index (χ2v) is 5.15. The number of halogens is 1. The topological polar surface area (TPSA) is 74.6 Å². The van der Waals surface area contributed by atoms with Crippen molar-refractivity contribution in [3.05, 3.63) is 65.2 Å². The molecule has 0 aromatic heterocycles. The quantitative estimate of drug-likeness (QED) is 0.368. The van der Waals surface area contributed by atoms with Gasteiger partial charge in [0, 0.05) is 5.33 Å². The van der Waals surface area contributed by atoms with Crippen molar-refractivity contribution in [3.8, 4) is 11.1 Å². The molecule has 0 unspecified atom stereocenters. The molecule has 0 fully saturated rings. The predicted octanol–water partition coefficient (Wildman–Crippen LogP) is 3.80. The Morgan fingerprint density at radius 3 is 2.09 bits per heavy atom. The van der Waals surface area contributed by atoms with Crippen molar-refractivity contribution >= 4 is 33.9 Å². The third-order valence-corrected chi connectivity index (χ3v) is 3.79. The Morgan fingerprint density at radius 2 is 1.55 bits per heavy atom. The maximum Gasteiger partial charge on any atom is 0.343 e. The standard InChI is InChI=1S/C17H13BrO4/c18-10-11-5-7-12(8-6-11)14-4-2-1-3-13(14)9-15(16(19)20)17(21)22/h1-9H,10H2,(H,19,20)(H,21,22). The Balaban J connectivity index is 2.52. The number of alkyl halides is 1. The molecule has 0 amide bonds. The lowest BCUT2D eigenvalue weighted by molar-refractivity contribution is -0.139. The largest absolute Gasteiger partial charge is 0.477 e. The molecule has 4 nitrogen and oxygen atoms in total. The molecule has 2 rings (SSSR count). The van der Waals surface area contributed by atoms with Gasteiger partial charge in [0.25, 0.3) is 0 Å². The van der Waals surface area contributed by atoms with Gasteiger partial charge in [0.05, 0.1) is 0 Å².